The van der Waals surface area contributed by atoms with Crippen molar-refractivity contribution in [1.82, 2.24) is 4.98 Å². The SMILES string of the molecule is CCC(Nc1ccc(Cl)nc1C)C(=O)O. The van der Waals surface area contributed by atoms with Gasteiger partial charge in [0.1, 0.15) is 11.2 Å². The van der Waals surface area contributed by atoms with Crippen molar-refractivity contribution >= 4 is 23.3 Å². The standard InChI is InChI=1S/C10H13ClN2O2/c1-3-7(10(14)15)13-8-4-5-9(11)12-6(8)2/h4-5,7,13H,3H2,1-2H3,(H,14,15). The van der Waals surface area contributed by atoms with Gasteiger partial charge in [0.05, 0.1) is 11.4 Å². The number of pyridine rings is 1. The quantitative estimate of drug-likeness (QED) is 0.777. The van der Waals surface area contributed by atoms with Gasteiger partial charge in [0, 0.05) is 0 Å². The summed E-state index contributed by atoms with van der Waals surface area (Å²) in [5.41, 5.74) is 1.40. The van der Waals surface area contributed by atoms with Gasteiger partial charge in [-0.3, -0.25) is 0 Å². The van der Waals surface area contributed by atoms with Crippen LogP contribution >= 0.6 is 11.6 Å². The fraction of sp³-hybridized carbons (Fsp3) is 0.400. The third-order valence-corrected chi connectivity index (χ3v) is 2.30. The summed E-state index contributed by atoms with van der Waals surface area (Å²) >= 11 is 5.69. The fourth-order valence-corrected chi connectivity index (χ4v) is 1.40. The van der Waals surface area contributed by atoms with Crippen molar-refractivity contribution in [3.8, 4) is 0 Å². The molecule has 1 unspecified atom stereocenters. The van der Waals surface area contributed by atoms with Crippen LogP contribution in [0.4, 0.5) is 5.69 Å². The number of anilines is 1. The Bertz CT molecular complexity index is 368. The number of aliphatic carboxylic acids is 1. The van der Waals surface area contributed by atoms with Crippen LogP contribution in [0.2, 0.25) is 5.15 Å². The number of hydrogen-bond acceptors (Lipinski definition) is 3. The molecule has 5 heteroatoms. The van der Waals surface area contributed by atoms with Crippen LogP contribution in [0.15, 0.2) is 12.1 Å². The third-order valence-electron chi connectivity index (χ3n) is 2.09. The Morgan fingerprint density at radius 1 is 1.67 bits per heavy atom. The summed E-state index contributed by atoms with van der Waals surface area (Å²) in [7, 11) is 0. The molecule has 0 aliphatic rings. The van der Waals surface area contributed by atoms with Crippen molar-refractivity contribution in [1.29, 1.82) is 0 Å². The first kappa shape index (κ1) is 11.8. The molecular weight excluding hydrogens is 216 g/mol. The molecule has 0 fully saturated rings. The lowest BCUT2D eigenvalue weighted by Crippen LogP contribution is -2.28. The predicted molar refractivity (Wildman–Crippen MR) is 59.3 cm³/mol. The van der Waals surface area contributed by atoms with Crippen molar-refractivity contribution in [2.24, 2.45) is 0 Å². The molecule has 0 aromatic carbocycles. The van der Waals surface area contributed by atoms with E-state index in [1.54, 1.807) is 19.1 Å². The Balaban J connectivity index is 2.84. The number of hydrogen-bond donors (Lipinski definition) is 2. The first-order valence-electron chi connectivity index (χ1n) is 4.67. The second-order valence-corrected chi connectivity index (χ2v) is 3.60. The average Bonchev–Trinajstić information content (AvgIpc) is 2.16. The van der Waals surface area contributed by atoms with Gasteiger partial charge in [-0.05, 0) is 25.5 Å². The van der Waals surface area contributed by atoms with E-state index in [0.717, 1.165) is 0 Å². The number of aryl methyl sites for hydroxylation is 1. The second kappa shape index (κ2) is 4.98. The highest BCUT2D eigenvalue weighted by Crippen LogP contribution is 2.17. The Morgan fingerprint density at radius 2 is 2.33 bits per heavy atom. The minimum atomic E-state index is -0.869. The van der Waals surface area contributed by atoms with E-state index in [-0.39, 0.29) is 0 Å². The van der Waals surface area contributed by atoms with Crippen LogP contribution in [-0.4, -0.2) is 22.1 Å². The van der Waals surface area contributed by atoms with Gasteiger partial charge < -0.3 is 10.4 Å². The Morgan fingerprint density at radius 3 is 2.80 bits per heavy atom. The third kappa shape index (κ3) is 3.09. The molecule has 1 aromatic rings. The monoisotopic (exact) mass is 228 g/mol. The van der Waals surface area contributed by atoms with Crippen molar-refractivity contribution in [2.75, 3.05) is 5.32 Å². The van der Waals surface area contributed by atoms with Gasteiger partial charge in [0.25, 0.3) is 0 Å². The number of carboxylic acid groups (broad SMARTS) is 1. The average molecular weight is 229 g/mol. The van der Waals surface area contributed by atoms with Gasteiger partial charge in [-0.25, -0.2) is 9.78 Å². The van der Waals surface area contributed by atoms with Gasteiger partial charge in [0.2, 0.25) is 0 Å². The zero-order valence-electron chi connectivity index (χ0n) is 8.62. The predicted octanol–water partition coefficient (Wildman–Crippen LogP) is 2.32. The highest BCUT2D eigenvalue weighted by atomic mass is 35.5. The summed E-state index contributed by atoms with van der Waals surface area (Å²) in [6.45, 7) is 3.59. The zero-order valence-corrected chi connectivity index (χ0v) is 9.38. The molecule has 0 radical (unpaired) electrons. The number of nitrogens with zero attached hydrogens (tertiary/aromatic N) is 1. The Hall–Kier alpha value is -1.29. The molecule has 4 nitrogen and oxygen atoms in total. The molecule has 1 rings (SSSR count). The van der Waals surface area contributed by atoms with Gasteiger partial charge in [-0.15, -0.1) is 0 Å². The lowest BCUT2D eigenvalue weighted by atomic mass is 10.2. The number of carboxylic acids is 1. The van der Waals surface area contributed by atoms with Gasteiger partial charge in [0.15, 0.2) is 0 Å². The van der Waals surface area contributed by atoms with Crippen LogP contribution in [0.25, 0.3) is 0 Å². The molecule has 0 saturated carbocycles. The molecule has 1 atom stereocenters. The van der Waals surface area contributed by atoms with Crippen LogP contribution in [0.5, 0.6) is 0 Å². The summed E-state index contributed by atoms with van der Waals surface area (Å²) in [5, 5.41) is 12.2. The van der Waals surface area contributed by atoms with Crippen molar-refractivity contribution < 1.29 is 9.90 Å². The zero-order chi connectivity index (χ0) is 11.4. The summed E-state index contributed by atoms with van der Waals surface area (Å²) in [6.07, 6.45) is 0.511. The molecule has 15 heavy (non-hydrogen) atoms. The smallest absolute Gasteiger partial charge is 0.326 e. The molecule has 2 N–H and O–H groups in total. The maximum absolute atomic E-state index is 10.8. The lowest BCUT2D eigenvalue weighted by molar-refractivity contribution is -0.137. The minimum absolute atomic E-state index is 0.404. The van der Waals surface area contributed by atoms with Crippen molar-refractivity contribution in [2.45, 2.75) is 26.3 Å². The van der Waals surface area contributed by atoms with Gasteiger partial charge in [-0.2, -0.15) is 0 Å². The summed E-state index contributed by atoms with van der Waals surface area (Å²) in [5.74, 6) is -0.869. The maximum atomic E-state index is 10.8. The Labute approximate surface area is 93.3 Å². The largest absolute Gasteiger partial charge is 0.480 e. The first-order valence-corrected chi connectivity index (χ1v) is 5.05. The molecule has 1 heterocycles. The van der Waals surface area contributed by atoms with Crippen LogP contribution in [0, 0.1) is 6.92 Å². The number of carbonyl (C=O) groups is 1. The van der Waals surface area contributed by atoms with E-state index in [4.69, 9.17) is 16.7 Å². The van der Waals surface area contributed by atoms with E-state index in [2.05, 4.69) is 10.3 Å². The maximum Gasteiger partial charge on any atom is 0.326 e. The summed E-state index contributed by atoms with van der Waals surface area (Å²) < 4.78 is 0. The number of aromatic nitrogens is 1. The van der Waals surface area contributed by atoms with Crippen LogP contribution in [-0.2, 0) is 4.79 Å². The molecule has 0 aliphatic carbocycles. The number of nitrogens with one attached hydrogen (secondary N) is 1. The minimum Gasteiger partial charge on any atom is -0.480 e. The van der Waals surface area contributed by atoms with E-state index in [0.29, 0.717) is 23.0 Å². The first-order chi connectivity index (χ1) is 7.04. The topological polar surface area (TPSA) is 62.2 Å². The van der Waals surface area contributed by atoms with Crippen molar-refractivity contribution in [3.63, 3.8) is 0 Å². The highest BCUT2D eigenvalue weighted by Gasteiger charge is 2.15. The fourth-order valence-electron chi connectivity index (χ4n) is 1.21. The molecule has 1 aromatic heterocycles. The molecule has 82 valence electrons. The van der Waals surface area contributed by atoms with Crippen LogP contribution in [0.3, 0.4) is 0 Å². The van der Waals surface area contributed by atoms with Crippen LogP contribution < -0.4 is 5.32 Å². The van der Waals surface area contributed by atoms with E-state index in [1.807, 2.05) is 6.92 Å². The molecule has 0 saturated heterocycles. The van der Waals surface area contributed by atoms with E-state index >= 15 is 0 Å². The Kier molecular flexibility index (Phi) is 3.91. The number of rotatable bonds is 4. The molecule has 0 spiro atoms. The van der Waals surface area contributed by atoms with E-state index in [9.17, 15) is 4.79 Å². The van der Waals surface area contributed by atoms with Crippen molar-refractivity contribution in [3.05, 3.63) is 23.0 Å². The van der Waals surface area contributed by atoms with E-state index < -0.39 is 12.0 Å². The molecule has 0 bridgehead atoms. The molecular formula is C10H13ClN2O2. The molecule has 0 amide bonds. The molecule has 0 aliphatic heterocycles. The lowest BCUT2D eigenvalue weighted by Gasteiger charge is -2.15. The van der Waals surface area contributed by atoms with Gasteiger partial charge >= 0.3 is 5.97 Å². The second-order valence-electron chi connectivity index (χ2n) is 3.21. The van der Waals surface area contributed by atoms with Gasteiger partial charge in [-0.1, -0.05) is 18.5 Å². The van der Waals surface area contributed by atoms with E-state index in [1.165, 1.54) is 0 Å². The normalized spacial score (nSPS) is 12.2. The summed E-state index contributed by atoms with van der Waals surface area (Å²) in [4.78, 5) is 14.8. The van der Waals surface area contributed by atoms with Crippen LogP contribution in [0.1, 0.15) is 19.0 Å². The highest BCUT2D eigenvalue weighted by molar-refractivity contribution is 6.29. The summed E-state index contributed by atoms with van der Waals surface area (Å²) in [6, 6.07) is 2.77. The number of halogens is 1.